The van der Waals surface area contributed by atoms with Crippen LogP contribution in [0.4, 0.5) is 4.79 Å². The minimum Gasteiger partial charge on any atom is -0.482 e. The van der Waals surface area contributed by atoms with Crippen LogP contribution < -0.4 is 21.1 Å². The Balaban J connectivity index is 2.66. The van der Waals surface area contributed by atoms with Gasteiger partial charge in [-0.05, 0) is 18.5 Å². The second-order valence-electron chi connectivity index (χ2n) is 4.95. The molecule has 3 amide bonds. The number of amides is 3. The Morgan fingerprint density at radius 1 is 1.38 bits per heavy atom. The third-order valence-electron chi connectivity index (χ3n) is 2.53. The Morgan fingerprint density at radius 2 is 2.10 bits per heavy atom. The summed E-state index contributed by atoms with van der Waals surface area (Å²) in [7, 11) is 0. The van der Waals surface area contributed by atoms with Crippen molar-refractivity contribution < 1.29 is 14.3 Å². The Morgan fingerprint density at radius 3 is 2.71 bits per heavy atom. The van der Waals surface area contributed by atoms with Crippen molar-refractivity contribution in [1.82, 2.24) is 10.6 Å². The van der Waals surface area contributed by atoms with E-state index in [0.29, 0.717) is 23.2 Å². The number of para-hydroxylation sites is 1. The highest BCUT2D eigenvalue weighted by molar-refractivity contribution is 6.32. The number of ether oxygens (including phenoxy) is 1. The quantitative estimate of drug-likeness (QED) is 0.713. The number of nitrogens with one attached hydrogen (secondary N) is 2. The number of nitrogens with two attached hydrogens (primary N) is 1. The molecule has 0 aliphatic rings. The molecule has 1 aromatic carbocycles. The van der Waals surface area contributed by atoms with Gasteiger partial charge in [-0.1, -0.05) is 37.6 Å². The van der Waals surface area contributed by atoms with Gasteiger partial charge in [0.15, 0.2) is 6.61 Å². The highest BCUT2D eigenvalue weighted by atomic mass is 35.5. The summed E-state index contributed by atoms with van der Waals surface area (Å²) in [4.78, 5) is 21.9. The second-order valence-corrected chi connectivity index (χ2v) is 5.36. The fourth-order valence-corrected chi connectivity index (χ4v) is 1.91. The van der Waals surface area contributed by atoms with Gasteiger partial charge in [0.25, 0.3) is 5.91 Å². The van der Waals surface area contributed by atoms with Gasteiger partial charge in [0.05, 0.1) is 5.02 Å². The molecule has 0 aliphatic carbocycles. The normalized spacial score (nSPS) is 10.5. The average molecular weight is 314 g/mol. The fourth-order valence-electron chi connectivity index (χ4n) is 1.66. The van der Waals surface area contributed by atoms with Crippen LogP contribution in [-0.2, 0) is 11.3 Å². The van der Waals surface area contributed by atoms with Crippen LogP contribution in [0.15, 0.2) is 18.2 Å². The van der Waals surface area contributed by atoms with Crippen LogP contribution in [0, 0.1) is 5.92 Å². The zero-order valence-electron chi connectivity index (χ0n) is 12.1. The lowest BCUT2D eigenvalue weighted by Crippen LogP contribution is -2.38. The van der Waals surface area contributed by atoms with Gasteiger partial charge < -0.3 is 15.8 Å². The Hall–Kier alpha value is -1.79. The molecule has 0 saturated heterocycles. The first-order valence-corrected chi connectivity index (χ1v) is 6.98. The van der Waals surface area contributed by atoms with Crippen LogP contribution in [0.5, 0.6) is 5.75 Å². The van der Waals surface area contributed by atoms with Crippen LogP contribution >= 0.6 is 11.6 Å². The van der Waals surface area contributed by atoms with Crippen molar-refractivity contribution in [3.8, 4) is 5.75 Å². The molecular weight excluding hydrogens is 294 g/mol. The van der Waals surface area contributed by atoms with Crippen molar-refractivity contribution >= 4 is 23.5 Å². The van der Waals surface area contributed by atoms with Crippen LogP contribution in [0.2, 0.25) is 5.02 Å². The number of urea groups is 1. The van der Waals surface area contributed by atoms with Gasteiger partial charge in [0, 0.05) is 12.1 Å². The molecule has 0 saturated carbocycles. The summed E-state index contributed by atoms with van der Waals surface area (Å²) in [5.74, 6) is 0.327. The van der Waals surface area contributed by atoms with E-state index in [2.05, 4.69) is 19.2 Å². The largest absolute Gasteiger partial charge is 0.482 e. The summed E-state index contributed by atoms with van der Waals surface area (Å²) in [5.41, 5.74) is 5.70. The molecule has 0 heterocycles. The van der Waals surface area contributed by atoms with Crippen LogP contribution in [0.3, 0.4) is 0 Å². The number of primary amides is 1. The van der Waals surface area contributed by atoms with Crippen LogP contribution in [-0.4, -0.2) is 25.1 Å². The van der Waals surface area contributed by atoms with Crippen LogP contribution in [0.1, 0.15) is 19.4 Å². The predicted octanol–water partition coefficient (Wildman–Crippen LogP) is 1.66. The minimum atomic E-state index is -0.915. The SMILES string of the molecule is CC(C)CNCc1cccc(Cl)c1OCC(=O)NC(N)=O. The standard InChI is InChI=1S/C14H20ClN3O3/c1-9(2)6-17-7-10-4-3-5-11(15)13(10)21-8-12(19)18-14(16)20/h3-5,9,17H,6-8H2,1-2H3,(H3,16,18,19,20). The number of halogens is 1. The maximum Gasteiger partial charge on any atom is 0.318 e. The lowest BCUT2D eigenvalue weighted by Gasteiger charge is -2.14. The van der Waals surface area contributed by atoms with E-state index >= 15 is 0 Å². The summed E-state index contributed by atoms with van der Waals surface area (Å²) in [6, 6.07) is 4.43. The molecule has 0 fully saturated rings. The number of carbonyl (C=O) groups is 2. The van der Waals surface area contributed by atoms with Gasteiger partial charge in [-0.2, -0.15) is 0 Å². The summed E-state index contributed by atoms with van der Waals surface area (Å²) in [6.07, 6.45) is 0. The maximum atomic E-state index is 11.4. The van der Waals surface area contributed by atoms with E-state index in [0.717, 1.165) is 12.1 Å². The van der Waals surface area contributed by atoms with E-state index in [1.54, 1.807) is 6.07 Å². The van der Waals surface area contributed by atoms with E-state index in [4.69, 9.17) is 22.1 Å². The van der Waals surface area contributed by atoms with Crippen molar-refractivity contribution in [2.75, 3.05) is 13.2 Å². The van der Waals surface area contributed by atoms with Gasteiger partial charge in [0.1, 0.15) is 5.75 Å². The molecule has 116 valence electrons. The van der Waals surface area contributed by atoms with Gasteiger partial charge >= 0.3 is 6.03 Å². The number of hydrogen-bond acceptors (Lipinski definition) is 4. The fraction of sp³-hybridized carbons (Fsp3) is 0.429. The zero-order valence-corrected chi connectivity index (χ0v) is 12.9. The summed E-state index contributed by atoms with van der Waals surface area (Å²) < 4.78 is 5.40. The number of imide groups is 1. The Kier molecular flexibility index (Phi) is 6.98. The van der Waals surface area contributed by atoms with Gasteiger partial charge in [-0.15, -0.1) is 0 Å². The maximum absolute atomic E-state index is 11.4. The molecule has 7 heteroatoms. The number of rotatable bonds is 7. The predicted molar refractivity (Wildman–Crippen MR) is 81.2 cm³/mol. The second kappa shape index (κ2) is 8.49. The monoisotopic (exact) mass is 313 g/mol. The average Bonchev–Trinajstić information content (AvgIpc) is 2.36. The van der Waals surface area contributed by atoms with Gasteiger partial charge in [-0.3, -0.25) is 10.1 Å². The molecule has 6 nitrogen and oxygen atoms in total. The molecule has 21 heavy (non-hydrogen) atoms. The van der Waals surface area contributed by atoms with E-state index in [-0.39, 0.29) is 6.61 Å². The lowest BCUT2D eigenvalue weighted by atomic mass is 10.2. The number of carbonyl (C=O) groups excluding carboxylic acids is 2. The summed E-state index contributed by atoms with van der Waals surface area (Å²) in [6.45, 7) is 5.32. The highest BCUT2D eigenvalue weighted by Crippen LogP contribution is 2.28. The Labute approximate surface area is 129 Å². The molecule has 0 aromatic heterocycles. The topological polar surface area (TPSA) is 93.4 Å². The number of benzene rings is 1. The zero-order chi connectivity index (χ0) is 15.8. The van der Waals surface area contributed by atoms with E-state index in [9.17, 15) is 9.59 Å². The molecule has 0 bridgehead atoms. The van der Waals surface area contributed by atoms with Crippen LogP contribution in [0.25, 0.3) is 0 Å². The molecular formula is C14H20ClN3O3. The molecule has 1 aromatic rings. The molecule has 0 atom stereocenters. The third kappa shape index (κ3) is 6.46. The molecule has 0 unspecified atom stereocenters. The van der Waals surface area contributed by atoms with E-state index in [1.165, 1.54) is 0 Å². The molecule has 4 N–H and O–H groups in total. The van der Waals surface area contributed by atoms with E-state index in [1.807, 2.05) is 17.4 Å². The smallest absolute Gasteiger partial charge is 0.318 e. The third-order valence-corrected chi connectivity index (χ3v) is 2.82. The van der Waals surface area contributed by atoms with Crippen molar-refractivity contribution in [3.63, 3.8) is 0 Å². The lowest BCUT2D eigenvalue weighted by molar-refractivity contribution is -0.121. The van der Waals surface area contributed by atoms with Crippen molar-refractivity contribution in [3.05, 3.63) is 28.8 Å². The van der Waals surface area contributed by atoms with Gasteiger partial charge in [-0.25, -0.2) is 4.79 Å². The number of hydrogen-bond donors (Lipinski definition) is 3. The first-order chi connectivity index (χ1) is 9.90. The summed E-state index contributed by atoms with van der Waals surface area (Å²) >= 11 is 6.08. The van der Waals surface area contributed by atoms with E-state index < -0.39 is 11.9 Å². The first-order valence-electron chi connectivity index (χ1n) is 6.60. The van der Waals surface area contributed by atoms with Gasteiger partial charge in [0.2, 0.25) is 0 Å². The van der Waals surface area contributed by atoms with Crippen molar-refractivity contribution in [1.29, 1.82) is 0 Å². The van der Waals surface area contributed by atoms with Crippen molar-refractivity contribution in [2.24, 2.45) is 11.7 Å². The summed E-state index contributed by atoms with van der Waals surface area (Å²) in [5, 5.41) is 5.61. The highest BCUT2D eigenvalue weighted by Gasteiger charge is 2.11. The minimum absolute atomic E-state index is 0.330. The molecule has 0 radical (unpaired) electrons. The van der Waals surface area contributed by atoms with Crippen molar-refractivity contribution in [2.45, 2.75) is 20.4 Å². The molecule has 1 rings (SSSR count). The Bertz CT molecular complexity index is 506. The molecule has 0 aliphatic heterocycles. The molecule has 0 spiro atoms. The first kappa shape index (κ1) is 17.3.